The predicted molar refractivity (Wildman–Crippen MR) is 127 cm³/mol. The Bertz CT molecular complexity index is 1240. The standard InChI is InChI=1S/C27H30FN3O2/c1-2-17-6-5-7-19-15-31(16-20(19)12-17)27(33)23-13-18(10-11-24(23)28)14-25-21-8-3-4-9-22(21)26(32)30-29-25/h3-4,8-11,13,17,19-20H,2,5-7,12,14-16H2,1H3,(H,30,32). The maximum Gasteiger partial charge on any atom is 0.272 e. The fourth-order valence-corrected chi connectivity index (χ4v) is 5.80. The lowest BCUT2D eigenvalue weighted by Gasteiger charge is -2.20. The third-order valence-corrected chi connectivity index (χ3v) is 7.67. The van der Waals surface area contributed by atoms with Gasteiger partial charge in [-0.05, 0) is 54.4 Å². The molecule has 1 saturated heterocycles. The van der Waals surface area contributed by atoms with Gasteiger partial charge in [0.2, 0.25) is 0 Å². The SMILES string of the molecule is CCC1CCCC2CN(C(=O)c3cc(Cc4n[nH]c(=O)c5ccccc45)ccc3F)CC2C1. The number of rotatable bonds is 4. The smallest absolute Gasteiger partial charge is 0.272 e. The van der Waals surface area contributed by atoms with Crippen LogP contribution in [0.1, 0.15) is 60.6 Å². The highest BCUT2D eigenvalue weighted by atomic mass is 19.1. The molecule has 2 aromatic carbocycles. The van der Waals surface area contributed by atoms with Gasteiger partial charge in [-0.15, -0.1) is 0 Å². The number of halogens is 1. The van der Waals surface area contributed by atoms with Crippen molar-refractivity contribution in [2.24, 2.45) is 17.8 Å². The molecule has 6 heteroatoms. The zero-order valence-electron chi connectivity index (χ0n) is 19.0. The van der Waals surface area contributed by atoms with Gasteiger partial charge in [0.25, 0.3) is 11.5 Å². The fraction of sp³-hybridized carbons (Fsp3) is 0.444. The predicted octanol–water partition coefficient (Wildman–Crippen LogP) is 4.94. The summed E-state index contributed by atoms with van der Waals surface area (Å²) >= 11 is 0. The van der Waals surface area contributed by atoms with Crippen molar-refractivity contribution in [3.8, 4) is 0 Å². The van der Waals surface area contributed by atoms with E-state index in [9.17, 15) is 14.0 Å². The first-order valence-corrected chi connectivity index (χ1v) is 12.1. The van der Waals surface area contributed by atoms with E-state index in [4.69, 9.17) is 0 Å². The zero-order chi connectivity index (χ0) is 22.9. The average molecular weight is 448 g/mol. The van der Waals surface area contributed by atoms with Crippen molar-refractivity contribution in [1.82, 2.24) is 15.1 Å². The Morgan fingerprint density at radius 2 is 1.91 bits per heavy atom. The highest BCUT2D eigenvalue weighted by Crippen LogP contribution is 2.39. The van der Waals surface area contributed by atoms with Crippen LogP contribution < -0.4 is 5.56 Å². The van der Waals surface area contributed by atoms with Crippen LogP contribution in [-0.4, -0.2) is 34.1 Å². The van der Waals surface area contributed by atoms with Crippen LogP contribution in [0, 0.1) is 23.6 Å². The van der Waals surface area contributed by atoms with Gasteiger partial charge in [0, 0.05) is 24.9 Å². The van der Waals surface area contributed by atoms with Crippen LogP contribution in [0.25, 0.3) is 10.8 Å². The molecule has 5 nitrogen and oxygen atoms in total. The van der Waals surface area contributed by atoms with Gasteiger partial charge in [0.15, 0.2) is 0 Å². The molecule has 3 atom stereocenters. The molecule has 1 amide bonds. The maximum atomic E-state index is 14.8. The number of hydrogen-bond acceptors (Lipinski definition) is 3. The first kappa shape index (κ1) is 21.8. The second kappa shape index (κ2) is 9.08. The van der Waals surface area contributed by atoms with Crippen LogP contribution in [0.4, 0.5) is 4.39 Å². The fourth-order valence-electron chi connectivity index (χ4n) is 5.80. The van der Waals surface area contributed by atoms with Gasteiger partial charge in [-0.1, -0.05) is 50.5 Å². The number of benzene rings is 2. The molecule has 1 aromatic heterocycles. The van der Waals surface area contributed by atoms with Crippen molar-refractivity contribution in [2.75, 3.05) is 13.1 Å². The van der Waals surface area contributed by atoms with Crippen molar-refractivity contribution in [2.45, 2.75) is 45.4 Å². The summed E-state index contributed by atoms with van der Waals surface area (Å²) in [7, 11) is 0. The molecule has 3 aromatic rings. The molecule has 1 N–H and O–H groups in total. The van der Waals surface area contributed by atoms with Crippen LogP contribution in [0.2, 0.25) is 0 Å². The minimum absolute atomic E-state index is 0.129. The number of aromatic amines is 1. The largest absolute Gasteiger partial charge is 0.338 e. The summed E-state index contributed by atoms with van der Waals surface area (Å²) in [6.07, 6.45) is 6.46. The van der Waals surface area contributed by atoms with Crippen LogP contribution in [0.5, 0.6) is 0 Å². The number of likely N-dealkylation sites (tertiary alicyclic amines) is 1. The van der Waals surface area contributed by atoms with Crippen LogP contribution >= 0.6 is 0 Å². The van der Waals surface area contributed by atoms with E-state index >= 15 is 0 Å². The highest BCUT2D eigenvalue weighted by molar-refractivity contribution is 5.95. The summed E-state index contributed by atoms with van der Waals surface area (Å²) in [4.78, 5) is 27.3. The van der Waals surface area contributed by atoms with Crippen molar-refractivity contribution in [3.63, 3.8) is 0 Å². The second-order valence-electron chi connectivity index (χ2n) is 9.71. The number of fused-ring (bicyclic) bond motifs is 2. The van der Waals surface area contributed by atoms with E-state index in [0.29, 0.717) is 29.3 Å². The van der Waals surface area contributed by atoms with Crippen molar-refractivity contribution in [1.29, 1.82) is 0 Å². The number of carbonyl (C=O) groups excluding carboxylic acids is 1. The summed E-state index contributed by atoms with van der Waals surface area (Å²) in [5.41, 5.74) is 1.39. The molecule has 2 heterocycles. The normalized spacial score (nSPS) is 22.8. The Kier molecular flexibility index (Phi) is 6.00. The molecule has 33 heavy (non-hydrogen) atoms. The Balaban J connectivity index is 1.38. The van der Waals surface area contributed by atoms with Gasteiger partial charge in [0.1, 0.15) is 5.82 Å². The molecule has 5 rings (SSSR count). The Morgan fingerprint density at radius 1 is 1.12 bits per heavy atom. The summed E-state index contributed by atoms with van der Waals surface area (Å²) in [6, 6.07) is 12.0. The first-order chi connectivity index (χ1) is 16.0. The molecular formula is C27H30FN3O2. The quantitative estimate of drug-likeness (QED) is 0.616. The molecule has 0 radical (unpaired) electrons. The number of nitrogens with zero attached hydrogens (tertiary/aromatic N) is 2. The molecule has 1 aliphatic carbocycles. The summed E-state index contributed by atoms with van der Waals surface area (Å²) < 4.78 is 14.8. The van der Waals surface area contributed by atoms with E-state index in [2.05, 4.69) is 17.1 Å². The molecule has 1 saturated carbocycles. The number of nitrogens with one attached hydrogen (secondary N) is 1. The van der Waals surface area contributed by atoms with E-state index in [0.717, 1.165) is 30.0 Å². The number of hydrogen-bond donors (Lipinski definition) is 1. The van der Waals surface area contributed by atoms with E-state index in [1.807, 2.05) is 23.1 Å². The highest BCUT2D eigenvalue weighted by Gasteiger charge is 2.38. The zero-order valence-corrected chi connectivity index (χ0v) is 19.0. The lowest BCUT2D eigenvalue weighted by Crippen LogP contribution is -2.30. The van der Waals surface area contributed by atoms with Crippen molar-refractivity contribution < 1.29 is 9.18 Å². The number of amides is 1. The van der Waals surface area contributed by atoms with Gasteiger partial charge in [0.05, 0.1) is 16.6 Å². The molecule has 0 bridgehead atoms. The molecule has 172 valence electrons. The van der Waals surface area contributed by atoms with Crippen LogP contribution in [-0.2, 0) is 6.42 Å². The molecule has 3 unspecified atom stereocenters. The van der Waals surface area contributed by atoms with Gasteiger partial charge in [-0.2, -0.15) is 5.10 Å². The molecule has 2 fully saturated rings. The van der Waals surface area contributed by atoms with Crippen LogP contribution in [0.3, 0.4) is 0 Å². The topological polar surface area (TPSA) is 66.1 Å². The van der Waals surface area contributed by atoms with Crippen LogP contribution in [0.15, 0.2) is 47.3 Å². The molecular weight excluding hydrogens is 417 g/mol. The first-order valence-electron chi connectivity index (χ1n) is 12.1. The van der Waals surface area contributed by atoms with Gasteiger partial charge < -0.3 is 4.90 Å². The van der Waals surface area contributed by atoms with Gasteiger partial charge in [-0.3, -0.25) is 9.59 Å². The summed E-state index contributed by atoms with van der Waals surface area (Å²) in [5, 5.41) is 8.10. The Morgan fingerprint density at radius 3 is 2.73 bits per heavy atom. The Labute approximate surface area is 193 Å². The molecule has 2 aliphatic rings. The van der Waals surface area contributed by atoms with Crippen molar-refractivity contribution >= 4 is 16.7 Å². The minimum Gasteiger partial charge on any atom is -0.338 e. The number of H-pyrrole nitrogens is 1. The van der Waals surface area contributed by atoms with E-state index in [1.54, 1.807) is 18.2 Å². The van der Waals surface area contributed by atoms with Gasteiger partial charge >= 0.3 is 0 Å². The summed E-state index contributed by atoms with van der Waals surface area (Å²) in [6.45, 7) is 3.72. The second-order valence-corrected chi connectivity index (χ2v) is 9.71. The lowest BCUT2D eigenvalue weighted by atomic mass is 9.88. The Hall–Kier alpha value is -3.02. The average Bonchev–Trinajstić information content (AvgIpc) is 3.13. The molecule has 0 spiro atoms. The van der Waals surface area contributed by atoms with Crippen molar-refractivity contribution in [3.05, 3.63) is 75.5 Å². The van der Waals surface area contributed by atoms with Gasteiger partial charge in [-0.25, -0.2) is 9.49 Å². The lowest BCUT2D eigenvalue weighted by molar-refractivity contribution is 0.0776. The monoisotopic (exact) mass is 447 g/mol. The van der Waals surface area contributed by atoms with E-state index in [1.165, 1.54) is 38.2 Å². The maximum absolute atomic E-state index is 14.8. The third-order valence-electron chi connectivity index (χ3n) is 7.67. The van der Waals surface area contributed by atoms with E-state index < -0.39 is 5.82 Å². The number of carbonyl (C=O) groups is 1. The summed E-state index contributed by atoms with van der Waals surface area (Å²) in [5.74, 6) is 1.11. The number of aromatic nitrogens is 2. The molecule has 1 aliphatic heterocycles. The third kappa shape index (κ3) is 4.31. The van der Waals surface area contributed by atoms with E-state index in [-0.39, 0.29) is 17.0 Å². The minimum atomic E-state index is -0.485.